The first kappa shape index (κ1) is 60.0. The number of nitrogens with two attached hydrogens (primary N) is 2. The second kappa shape index (κ2) is 28.7. The van der Waals surface area contributed by atoms with Crippen molar-refractivity contribution in [2.24, 2.45) is 29.2 Å². The fourth-order valence-corrected chi connectivity index (χ4v) is 8.03. The molecule has 9 atom stereocenters. The second-order valence-corrected chi connectivity index (χ2v) is 19.1. The highest BCUT2D eigenvalue weighted by Crippen LogP contribution is 2.22. The number of aliphatic hydroxyl groups excluding tert-OH is 1. The number of benzene rings is 1. The van der Waals surface area contributed by atoms with Crippen LogP contribution in [0.2, 0.25) is 0 Å². The maximum absolute atomic E-state index is 14.4. The quantitative estimate of drug-likeness (QED) is 0.0392. The Morgan fingerprint density at radius 3 is 1.79 bits per heavy atom. The molecule has 0 bridgehead atoms. The molecule has 1 aliphatic rings. The lowest BCUT2D eigenvalue weighted by Crippen LogP contribution is -2.61. The zero-order chi connectivity index (χ0) is 54.7. The molecular weight excluding hydrogens is 953 g/mol. The number of carboxylic acid groups (broad SMARTS) is 1. The zero-order valence-corrected chi connectivity index (χ0v) is 42.3. The number of rotatable bonds is 29. The largest absolute Gasteiger partial charge is 0.481 e. The summed E-state index contributed by atoms with van der Waals surface area (Å²) in [4.78, 5) is 154. The smallest absolute Gasteiger partial charge is 0.305 e. The van der Waals surface area contributed by atoms with Gasteiger partial charge in [0.2, 0.25) is 53.2 Å². The van der Waals surface area contributed by atoms with Crippen molar-refractivity contribution in [3.8, 4) is 0 Å². The van der Waals surface area contributed by atoms with Gasteiger partial charge >= 0.3 is 5.97 Å². The predicted molar refractivity (Wildman–Crippen MR) is 262 cm³/mol. The first-order chi connectivity index (χ1) is 34.3. The number of aromatic nitrogens is 2. The molecule has 2 aromatic rings. The minimum atomic E-state index is -1.82. The van der Waals surface area contributed by atoms with Crippen LogP contribution >= 0.6 is 0 Å². The van der Waals surface area contributed by atoms with Crippen molar-refractivity contribution in [2.45, 2.75) is 148 Å². The lowest BCUT2D eigenvalue weighted by Gasteiger charge is -2.32. The van der Waals surface area contributed by atoms with Crippen molar-refractivity contribution < 1.29 is 63.0 Å². The molecule has 1 aromatic heterocycles. The number of likely N-dealkylation sites (tertiary alicyclic amines) is 1. The molecule has 0 aliphatic carbocycles. The van der Waals surface area contributed by atoms with Gasteiger partial charge in [0.15, 0.2) is 5.78 Å². The van der Waals surface area contributed by atoms with Crippen molar-refractivity contribution in [2.75, 3.05) is 13.2 Å². The van der Waals surface area contributed by atoms with Crippen LogP contribution in [-0.4, -0.2) is 158 Å². The number of carbonyl (C=O) groups is 11. The average molecular weight is 1030 g/mol. The van der Waals surface area contributed by atoms with Crippen LogP contribution in [0.25, 0.3) is 0 Å². The van der Waals surface area contributed by atoms with Gasteiger partial charge in [-0.3, -0.25) is 52.7 Å². The zero-order valence-electron chi connectivity index (χ0n) is 42.3. The highest BCUT2D eigenvalue weighted by molar-refractivity contribution is 5.99. The number of carbonyl (C=O) groups excluding carboxylic acids is 10. The summed E-state index contributed by atoms with van der Waals surface area (Å²) in [7, 11) is 0. The van der Waals surface area contributed by atoms with E-state index in [1.54, 1.807) is 71.9 Å². The number of nitrogens with zero attached hydrogens (tertiary/aromatic N) is 2. The van der Waals surface area contributed by atoms with Crippen LogP contribution in [0.3, 0.4) is 0 Å². The van der Waals surface area contributed by atoms with Gasteiger partial charge in [-0.15, -0.1) is 0 Å². The predicted octanol–water partition coefficient (Wildman–Crippen LogP) is -2.80. The number of hydrogen-bond donors (Lipinski definition) is 12. The van der Waals surface area contributed by atoms with E-state index in [0.717, 1.165) is 0 Å². The van der Waals surface area contributed by atoms with Crippen LogP contribution in [0.15, 0.2) is 42.9 Å². The molecule has 3 rings (SSSR count). The molecule has 9 amide bonds. The van der Waals surface area contributed by atoms with Gasteiger partial charge in [0.05, 0.1) is 31.4 Å². The molecule has 73 heavy (non-hydrogen) atoms. The summed E-state index contributed by atoms with van der Waals surface area (Å²) in [6.07, 6.45) is 1.47. The number of aliphatic hydroxyl groups is 1. The Balaban J connectivity index is 1.82. The SMILES string of the molecule is CC(=O)C(NC(=O)C(CO)NC(=O)C(Cc1ccccc1)NC(=O)C1CCCN1C(=O)C(NC(=O)C(CCC(N)=O)NC(=O)C(CC(=O)O)NC(=O)C(NC(=O)C(N)Cc1cnc[nH]1)C(C)C)C(C)C)C(C)C. The number of imidazole rings is 1. The van der Waals surface area contributed by atoms with E-state index in [1.807, 2.05) is 0 Å². The maximum Gasteiger partial charge on any atom is 0.305 e. The number of aliphatic carboxylic acids is 1. The summed E-state index contributed by atoms with van der Waals surface area (Å²) in [5.41, 5.74) is 12.6. The number of primary amides is 1. The standard InChI is InChI=1S/C48H72N12O13/c1-24(2)38(27(7)62)57-45(70)34(22-61)56-43(68)32(18-28-12-9-8-10-13-28)54-46(71)35-14-11-17-60(35)48(73)40(26(5)6)59-42(67)31(15-16-36(50)63)53-44(69)33(20-37(64)65)55-47(72)39(25(3)4)58-41(66)30(49)19-29-21-51-23-52-29/h8-10,12-13,21,23-26,30-35,38-40,61H,11,14-20,22,49H2,1-7H3,(H2,50,63)(H,51,52)(H,53,69)(H,54,71)(H,55,72)(H,56,68)(H,57,70)(H,58,66)(H,59,67)(H,64,65). The van der Waals surface area contributed by atoms with Crippen molar-refractivity contribution >= 4 is 64.9 Å². The van der Waals surface area contributed by atoms with E-state index < -0.39 is 151 Å². The third-order valence-electron chi connectivity index (χ3n) is 12.1. The lowest BCUT2D eigenvalue weighted by molar-refractivity contribution is -0.144. The molecule has 9 unspecified atom stereocenters. The maximum atomic E-state index is 14.4. The molecule has 0 spiro atoms. The average Bonchev–Trinajstić information content (AvgIpc) is 4.04. The molecule has 1 aromatic carbocycles. The van der Waals surface area contributed by atoms with Gasteiger partial charge in [-0.25, -0.2) is 4.98 Å². The molecule has 1 aliphatic heterocycles. The number of ketones is 1. The molecule has 1 saturated heterocycles. The monoisotopic (exact) mass is 1020 g/mol. The number of aromatic amines is 1. The van der Waals surface area contributed by atoms with Gasteiger partial charge in [-0.05, 0) is 49.5 Å². The Kier molecular flexibility index (Phi) is 23.6. The van der Waals surface area contributed by atoms with Gasteiger partial charge in [0.1, 0.15) is 42.3 Å². The summed E-state index contributed by atoms with van der Waals surface area (Å²) in [6.45, 7) is 10.3. The highest BCUT2D eigenvalue weighted by Gasteiger charge is 2.41. The fourth-order valence-electron chi connectivity index (χ4n) is 8.03. The molecule has 25 nitrogen and oxygen atoms in total. The molecular formula is C48H72N12O13. The minimum absolute atomic E-state index is 0.0471. The van der Waals surface area contributed by atoms with E-state index in [4.69, 9.17) is 11.5 Å². The van der Waals surface area contributed by atoms with Crippen LogP contribution in [-0.2, 0) is 65.6 Å². The van der Waals surface area contributed by atoms with Crippen molar-refractivity contribution in [3.63, 3.8) is 0 Å². The summed E-state index contributed by atoms with van der Waals surface area (Å²) in [5.74, 6) is -11.2. The molecule has 1 fully saturated rings. The van der Waals surface area contributed by atoms with Crippen molar-refractivity contribution in [1.29, 1.82) is 0 Å². The Labute approximate surface area is 423 Å². The topological polar surface area (TPSA) is 396 Å². The van der Waals surface area contributed by atoms with Gasteiger partial charge in [0.25, 0.3) is 0 Å². The number of carboxylic acids is 1. The summed E-state index contributed by atoms with van der Waals surface area (Å²) in [5, 5.41) is 37.4. The first-order valence-electron chi connectivity index (χ1n) is 24.2. The van der Waals surface area contributed by atoms with Gasteiger partial charge in [-0.2, -0.15) is 0 Å². The van der Waals surface area contributed by atoms with E-state index in [-0.39, 0.29) is 37.5 Å². The normalized spacial score (nSPS) is 16.7. The first-order valence-corrected chi connectivity index (χ1v) is 24.2. The molecule has 25 heteroatoms. The third kappa shape index (κ3) is 18.7. The number of hydrogen-bond acceptors (Lipinski definition) is 14. The van der Waals surface area contributed by atoms with Crippen LogP contribution in [0.1, 0.15) is 91.8 Å². The van der Waals surface area contributed by atoms with Crippen LogP contribution < -0.4 is 48.7 Å². The molecule has 0 saturated carbocycles. The van der Waals surface area contributed by atoms with Gasteiger partial charge < -0.3 is 68.8 Å². The lowest BCUT2D eigenvalue weighted by atomic mass is 10.00. The van der Waals surface area contributed by atoms with Crippen molar-refractivity contribution in [3.05, 3.63) is 54.1 Å². The Bertz CT molecular complexity index is 2260. The summed E-state index contributed by atoms with van der Waals surface area (Å²) < 4.78 is 0. The van der Waals surface area contributed by atoms with Crippen LogP contribution in [0.4, 0.5) is 0 Å². The number of Topliss-reactive ketones (excluding diaryl/α,β-unsaturated/α-hetero) is 1. The van der Waals surface area contributed by atoms with Gasteiger partial charge in [-0.1, -0.05) is 71.9 Å². The van der Waals surface area contributed by atoms with Gasteiger partial charge in [0, 0.05) is 37.7 Å². The molecule has 2 heterocycles. The summed E-state index contributed by atoms with van der Waals surface area (Å²) in [6, 6.07) is -3.50. The Morgan fingerprint density at radius 1 is 0.699 bits per heavy atom. The van der Waals surface area contributed by atoms with Crippen LogP contribution in [0.5, 0.6) is 0 Å². The molecule has 402 valence electrons. The van der Waals surface area contributed by atoms with E-state index >= 15 is 0 Å². The fraction of sp³-hybridized carbons (Fsp3) is 0.583. The minimum Gasteiger partial charge on any atom is -0.481 e. The van der Waals surface area contributed by atoms with Crippen LogP contribution in [0, 0.1) is 17.8 Å². The molecule has 14 N–H and O–H groups in total. The summed E-state index contributed by atoms with van der Waals surface area (Å²) >= 11 is 0. The molecule has 0 radical (unpaired) electrons. The highest BCUT2D eigenvalue weighted by atomic mass is 16.4. The van der Waals surface area contributed by atoms with E-state index in [1.165, 1.54) is 24.3 Å². The number of nitrogens with one attached hydrogen (secondary N) is 8. The van der Waals surface area contributed by atoms with E-state index in [9.17, 15) is 63.0 Å². The van der Waals surface area contributed by atoms with Crippen molar-refractivity contribution in [1.82, 2.24) is 52.1 Å². The van der Waals surface area contributed by atoms with E-state index in [0.29, 0.717) is 17.7 Å². The third-order valence-corrected chi connectivity index (χ3v) is 12.1. The number of H-pyrrole nitrogens is 1. The number of amides is 9. The van der Waals surface area contributed by atoms with E-state index in [2.05, 4.69) is 47.2 Å². The Morgan fingerprint density at radius 2 is 1.25 bits per heavy atom. The Hall–Kier alpha value is -7.28. The second-order valence-electron chi connectivity index (χ2n) is 19.1.